The van der Waals surface area contributed by atoms with E-state index in [0.29, 0.717) is 41.6 Å². The Hall–Kier alpha value is -2.83. The van der Waals surface area contributed by atoms with E-state index in [9.17, 15) is 14.7 Å². The fraction of sp³-hybridized carbons (Fsp3) is 0.360. The topological polar surface area (TPSA) is 70.1 Å². The van der Waals surface area contributed by atoms with E-state index in [1.54, 1.807) is 24.3 Å². The molecule has 170 valence electrons. The summed E-state index contributed by atoms with van der Waals surface area (Å²) in [6, 6.07) is 13.2. The number of carbonyl (C=O) groups excluding carboxylic acids is 2. The average molecular weight is 457 g/mol. The van der Waals surface area contributed by atoms with Crippen molar-refractivity contribution in [1.82, 2.24) is 9.80 Å². The highest BCUT2D eigenvalue weighted by Gasteiger charge is 2.46. The van der Waals surface area contributed by atoms with Crippen LogP contribution in [0.4, 0.5) is 0 Å². The molecule has 1 aliphatic heterocycles. The SMILES string of the molecule is CCCCOc1cccc(C2C(=C(O)c3ccc(Cl)cc3)C(=O)C(=O)N2CCN(C)C)c1. The lowest BCUT2D eigenvalue weighted by Gasteiger charge is -2.27. The number of aliphatic hydroxyl groups excluding tert-OH is 1. The normalized spacial score (nSPS) is 17.9. The van der Waals surface area contributed by atoms with Crippen LogP contribution in [0.15, 0.2) is 54.1 Å². The molecule has 0 radical (unpaired) electrons. The molecule has 1 N–H and O–H groups in total. The number of aliphatic hydroxyl groups is 1. The zero-order chi connectivity index (χ0) is 23.3. The number of nitrogens with zero attached hydrogens (tertiary/aromatic N) is 2. The minimum Gasteiger partial charge on any atom is -0.507 e. The quantitative estimate of drug-likeness (QED) is 0.260. The Labute approximate surface area is 194 Å². The van der Waals surface area contributed by atoms with E-state index in [-0.39, 0.29) is 11.3 Å². The van der Waals surface area contributed by atoms with E-state index < -0.39 is 17.7 Å². The third kappa shape index (κ3) is 5.31. The van der Waals surface area contributed by atoms with Gasteiger partial charge in [-0.15, -0.1) is 0 Å². The molecule has 3 rings (SSSR count). The minimum atomic E-state index is -0.708. The predicted molar refractivity (Wildman–Crippen MR) is 126 cm³/mol. The maximum atomic E-state index is 13.0. The van der Waals surface area contributed by atoms with Gasteiger partial charge in [0.15, 0.2) is 0 Å². The number of carbonyl (C=O) groups is 2. The third-order valence-corrected chi connectivity index (χ3v) is 5.64. The molecule has 1 amide bonds. The first-order valence-electron chi connectivity index (χ1n) is 10.7. The second-order valence-corrected chi connectivity index (χ2v) is 8.51. The van der Waals surface area contributed by atoms with Crippen molar-refractivity contribution in [2.24, 2.45) is 0 Å². The van der Waals surface area contributed by atoms with Crippen LogP contribution in [-0.4, -0.2) is 60.4 Å². The van der Waals surface area contributed by atoms with Crippen LogP contribution in [0.2, 0.25) is 5.02 Å². The Kier molecular flexibility index (Phi) is 7.94. The molecule has 1 fully saturated rings. The molecule has 1 saturated heterocycles. The second kappa shape index (κ2) is 10.7. The number of likely N-dealkylation sites (N-methyl/N-ethyl adjacent to an activating group) is 1. The predicted octanol–water partition coefficient (Wildman–Crippen LogP) is 4.50. The molecule has 32 heavy (non-hydrogen) atoms. The van der Waals surface area contributed by atoms with Gasteiger partial charge in [-0.25, -0.2) is 0 Å². The number of ether oxygens (including phenoxy) is 1. The molecule has 1 unspecified atom stereocenters. The van der Waals surface area contributed by atoms with E-state index in [0.717, 1.165) is 12.8 Å². The number of amides is 1. The summed E-state index contributed by atoms with van der Waals surface area (Å²) in [7, 11) is 3.81. The van der Waals surface area contributed by atoms with Gasteiger partial charge in [0.05, 0.1) is 18.2 Å². The van der Waals surface area contributed by atoms with Crippen LogP contribution < -0.4 is 4.74 Å². The molecule has 0 saturated carbocycles. The Morgan fingerprint density at radius 3 is 2.53 bits per heavy atom. The van der Waals surface area contributed by atoms with Gasteiger partial charge in [-0.3, -0.25) is 9.59 Å². The molecule has 1 atom stereocenters. The van der Waals surface area contributed by atoms with E-state index in [4.69, 9.17) is 16.3 Å². The highest BCUT2D eigenvalue weighted by Crippen LogP contribution is 2.40. The second-order valence-electron chi connectivity index (χ2n) is 8.08. The van der Waals surface area contributed by atoms with Gasteiger partial charge in [-0.2, -0.15) is 0 Å². The van der Waals surface area contributed by atoms with Crippen molar-refractivity contribution in [3.8, 4) is 5.75 Å². The van der Waals surface area contributed by atoms with E-state index in [1.165, 1.54) is 4.90 Å². The molecule has 0 aliphatic carbocycles. The molecule has 0 spiro atoms. The first-order chi connectivity index (χ1) is 15.3. The van der Waals surface area contributed by atoms with Crippen molar-refractivity contribution in [3.63, 3.8) is 0 Å². The lowest BCUT2D eigenvalue weighted by Crippen LogP contribution is -2.35. The Balaban J connectivity index is 2.07. The molecule has 2 aromatic carbocycles. The minimum absolute atomic E-state index is 0.0711. The standard InChI is InChI=1S/C25H29ClN2O4/c1-4-5-15-32-20-8-6-7-18(16-20)22-21(23(29)17-9-11-19(26)12-10-17)24(30)25(31)28(22)14-13-27(2)3/h6-12,16,22,29H,4-5,13-15H2,1-3H3. The lowest BCUT2D eigenvalue weighted by molar-refractivity contribution is -0.140. The van der Waals surface area contributed by atoms with Crippen LogP contribution in [0.1, 0.15) is 36.9 Å². The highest BCUT2D eigenvalue weighted by molar-refractivity contribution is 6.46. The van der Waals surface area contributed by atoms with Crippen LogP contribution in [0.25, 0.3) is 5.76 Å². The van der Waals surface area contributed by atoms with Gasteiger partial charge in [0.1, 0.15) is 11.5 Å². The van der Waals surface area contributed by atoms with Crippen LogP contribution in [0.5, 0.6) is 5.75 Å². The molecule has 0 aromatic heterocycles. The summed E-state index contributed by atoms with van der Waals surface area (Å²) < 4.78 is 5.84. The molecular formula is C25H29ClN2O4. The van der Waals surface area contributed by atoms with Crippen molar-refractivity contribution in [2.75, 3.05) is 33.8 Å². The van der Waals surface area contributed by atoms with Crippen molar-refractivity contribution < 1.29 is 19.4 Å². The van der Waals surface area contributed by atoms with Crippen LogP contribution in [-0.2, 0) is 9.59 Å². The summed E-state index contributed by atoms with van der Waals surface area (Å²) in [6.45, 7) is 3.61. The molecule has 7 heteroatoms. The maximum absolute atomic E-state index is 13.0. The van der Waals surface area contributed by atoms with Gasteiger partial charge in [-0.05, 0) is 62.5 Å². The van der Waals surface area contributed by atoms with Gasteiger partial charge >= 0.3 is 0 Å². The van der Waals surface area contributed by atoms with Crippen LogP contribution >= 0.6 is 11.6 Å². The number of unbranched alkanes of at least 4 members (excludes halogenated alkanes) is 1. The van der Waals surface area contributed by atoms with Gasteiger partial charge in [0.25, 0.3) is 11.7 Å². The van der Waals surface area contributed by atoms with Crippen LogP contribution in [0, 0.1) is 0 Å². The average Bonchev–Trinajstić information content (AvgIpc) is 3.03. The maximum Gasteiger partial charge on any atom is 0.295 e. The van der Waals surface area contributed by atoms with Gasteiger partial charge in [0, 0.05) is 23.7 Å². The zero-order valence-corrected chi connectivity index (χ0v) is 19.4. The van der Waals surface area contributed by atoms with E-state index >= 15 is 0 Å². The molecule has 1 aliphatic rings. The fourth-order valence-corrected chi connectivity index (χ4v) is 3.76. The fourth-order valence-electron chi connectivity index (χ4n) is 3.64. The largest absolute Gasteiger partial charge is 0.507 e. The molecular weight excluding hydrogens is 428 g/mol. The smallest absolute Gasteiger partial charge is 0.295 e. The summed E-state index contributed by atoms with van der Waals surface area (Å²) in [6.07, 6.45) is 1.95. The Bertz CT molecular complexity index is 1000. The molecule has 1 heterocycles. The number of ketones is 1. The highest BCUT2D eigenvalue weighted by atomic mass is 35.5. The molecule has 2 aromatic rings. The van der Waals surface area contributed by atoms with Crippen molar-refractivity contribution in [1.29, 1.82) is 0 Å². The van der Waals surface area contributed by atoms with E-state index in [1.807, 2.05) is 43.3 Å². The summed E-state index contributed by atoms with van der Waals surface area (Å²) in [4.78, 5) is 29.5. The lowest BCUT2D eigenvalue weighted by atomic mass is 9.95. The number of benzene rings is 2. The summed E-state index contributed by atoms with van der Waals surface area (Å²) in [5.41, 5.74) is 1.22. The monoisotopic (exact) mass is 456 g/mol. The third-order valence-electron chi connectivity index (χ3n) is 5.39. The number of Topliss-reactive ketones (excluding diaryl/α,β-unsaturated/α-hetero) is 1. The van der Waals surface area contributed by atoms with Crippen molar-refractivity contribution in [2.45, 2.75) is 25.8 Å². The van der Waals surface area contributed by atoms with Gasteiger partial charge < -0.3 is 19.6 Å². The molecule has 6 nitrogen and oxygen atoms in total. The number of hydrogen-bond donors (Lipinski definition) is 1. The summed E-state index contributed by atoms with van der Waals surface area (Å²) >= 11 is 5.97. The zero-order valence-electron chi connectivity index (χ0n) is 18.7. The van der Waals surface area contributed by atoms with Gasteiger partial charge in [-0.1, -0.05) is 37.1 Å². The first-order valence-corrected chi connectivity index (χ1v) is 11.1. The number of rotatable bonds is 9. The Morgan fingerprint density at radius 2 is 1.88 bits per heavy atom. The number of hydrogen-bond acceptors (Lipinski definition) is 5. The Morgan fingerprint density at radius 1 is 1.16 bits per heavy atom. The van der Waals surface area contributed by atoms with E-state index in [2.05, 4.69) is 6.92 Å². The van der Waals surface area contributed by atoms with Crippen molar-refractivity contribution >= 4 is 29.1 Å². The summed E-state index contributed by atoms with van der Waals surface area (Å²) in [5, 5.41) is 11.6. The van der Waals surface area contributed by atoms with Gasteiger partial charge in [0.2, 0.25) is 0 Å². The van der Waals surface area contributed by atoms with Crippen LogP contribution in [0.3, 0.4) is 0 Å². The molecule has 0 bridgehead atoms. The number of halogens is 1. The first kappa shape index (κ1) is 23.8. The number of likely N-dealkylation sites (tertiary alicyclic amines) is 1. The van der Waals surface area contributed by atoms with Crippen molar-refractivity contribution in [3.05, 3.63) is 70.3 Å². The summed E-state index contributed by atoms with van der Waals surface area (Å²) in [5.74, 6) is -0.863.